The zero-order valence-corrected chi connectivity index (χ0v) is 9.60. The third-order valence-corrected chi connectivity index (χ3v) is 2.62. The summed E-state index contributed by atoms with van der Waals surface area (Å²) in [6.07, 6.45) is 0. The molecule has 0 unspecified atom stereocenters. The van der Waals surface area contributed by atoms with E-state index in [4.69, 9.17) is 10.2 Å². The lowest BCUT2D eigenvalue weighted by Gasteiger charge is -2.16. The van der Waals surface area contributed by atoms with E-state index in [1.165, 1.54) is 0 Å². The van der Waals surface area contributed by atoms with Crippen molar-refractivity contribution in [2.24, 2.45) is 5.73 Å². The van der Waals surface area contributed by atoms with Gasteiger partial charge in [-0.05, 0) is 30.7 Å². The second-order valence-electron chi connectivity index (χ2n) is 3.81. The minimum Gasteiger partial charge on any atom is -0.446 e. The zero-order valence-electron chi connectivity index (χ0n) is 9.60. The Morgan fingerprint density at radius 3 is 2.31 bits per heavy atom. The third-order valence-electron chi connectivity index (χ3n) is 2.62. The van der Waals surface area contributed by atoms with Crippen molar-refractivity contribution in [3.63, 3.8) is 0 Å². The van der Waals surface area contributed by atoms with E-state index in [0.29, 0.717) is 6.54 Å². The van der Waals surface area contributed by atoms with Crippen LogP contribution in [-0.2, 0) is 6.54 Å². The normalized spacial score (nSPS) is 10.4. The van der Waals surface area contributed by atoms with Crippen molar-refractivity contribution in [2.45, 2.75) is 13.5 Å². The van der Waals surface area contributed by atoms with Gasteiger partial charge in [-0.25, -0.2) is 0 Å². The maximum absolute atomic E-state index is 5.56. The quantitative estimate of drug-likeness (QED) is 0.857. The highest BCUT2D eigenvalue weighted by Crippen LogP contribution is 2.25. The van der Waals surface area contributed by atoms with E-state index in [1.807, 2.05) is 55.3 Å². The van der Waals surface area contributed by atoms with Gasteiger partial charge in [-0.3, -0.25) is 0 Å². The summed E-state index contributed by atoms with van der Waals surface area (Å²) in [4.78, 5) is 2.01. The Hall–Kier alpha value is -1.74. The standard InChI is InChI=1S/C13H16N2O/c1-10-3-8-13(16-10)15(2)12-6-4-11(9-14)5-7-12/h3-8H,9,14H2,1-2H3. The minimum absolute atomic E-state index is 0.573. The molecule has 2 rings (SSSR count). The first-order chi connectivity index (χ1) is 7.70. The van der Waals surface area contributed by atoms with Crippen LogP contribution in [-0.4, -0.2) is 7.05 Å². The molecule has 0 bridgehead atoms. The van der Waals surface area contributed by atoms with Crippen LogP contribution >= 0.6 is 0 Å². The summed E-state index contributed by atoms with van der Waals surface area (Å²) in [7, 11) is 1.98. The Morgan fingerprint density at radius 1 is 1.12 bits per heavy atom. The first-order valence-electron chi connectivity index (χ1n) is 5.30. The van der Waals surface area contributed by atoms with Gasteiger partial charge in [0.1, 0.15) is 5.76 Å². The first kappa shape index (κ1) is 10.8. The molecule has 0 aliphatic heterocycles. The largest absolute Gasteiger partial charge is 0.446 e. The molecule has 84 valence electrons. The summed E-state index contributed by atoms with van der Waals surface area (Å²) in [5.74, 6) is 1.76. The van der Waals surface area contributed by atoms with E-state index in [2.05, 4.69) is 0 Å². The number of benzene rings is 1. The molecular formula is C13H16N2O. The smallest absolute Gasteiger partial charge is 0.199 e. The van der Waals surface area contributed by atoms with Crippen molar-refractivity contribution >= 4 is 11.6 Å². The van der Waals surface area contributed by atoms with Crippen molar-refractivity contribution in [1.82, 2.24) is 0 Å². The number of hydrogen-bond acceptors (Lipinski definition) is 3. The van der Waals surface area contributed by atoms with Crippen molar-refractivity contribution in [3.8, 4) is 0 Å². The monoisotopic (exact) mass is 216 g/mol. The predicted molar refractivity (Wildman–Crippen MR) is 65.8 cm³/mol. The fourth-order valence-corrected chi connectivity index (χ4v) is 1.58. The molecular weight excluding hydrogens is 200 g/mol. The fourth-order valence-electron chi connectivity index (χ4n) is 1.58. The molecule has 16 heavy (non-hydrogen) atoms. The molecule has 0 saturated carbocycles. The van der Waals surface area contributed by atoms with Crippen LogP contribution in [0.25, 0.3) is 0 Å². The predicted octanol–water partition coefficient (Wildman–Crippen LogP) is 2.81. The van der Waals surface area contributed by atoms with Crippen LogP contribution in [0.1, 0.15) is 11.3 Å². The van der Waals surface area contributed by atoms with E-state index in [1.54, 1.807) is 0 Å². The summed E-state index contributed by atoms with van der Waals surface area (Å²) in [6, 6.07) is 12.1. The molecule has 0 spiro atoms. The van der Waals surface area contributed by atoms with Crippen LogP contribution in [0.15, 0.2) is 40.8 Å². The van der Waals surface area contributed by atoms with Gasteiger partial charge in [0.2, 0.25) is 0 Å². The van der Waals surface area contributed by atoms with Crippen LogP contribution in [0.4, 0.5) is 11.6 Å². The topological polar surface area (TPSA) is 42.4 Å². The van der Waals surface area contributed by atoms with E-state index in [-0.39, 0.29) is 0 Å². The molecule has 0 atom stereocenters. The lowest BCUT2D eigenvalue weighted by Crippen LogP contribution is -2.08. The molecule has 0 radical (unpaired) electrons. The fraction of sp³-hybridized carbons (Fsp3) is 0.231. The molecule has 1 heterocycles. The SMILES string of the molecule is Cc1ccc(N(C)c2ccc(CN)cc2)o1. The lowest BCUT2D eigenvalue weighted by molar-refractivity contribution is 0.538. The van der Waals surface area contributed by atoms with Crippen molar-refractivity contribution in [2.75, 3.05) is 11.9 Å². The second-order valence-corrected chi connectivity index (χ2v) is 3.81. The molecule has 0 fully saturated rings. The Balaban J connectivity index is 2.23. The van der Waals surface area contributed by atoms with Gasteiger partial charge in [0.25, 0.3) is 0 Å². The maximum Gasteiger partial charge on any atom is 0.199 e. The third kappa shape index (κ3) is 2.09. The molecule has 2 N–H and O–H groups in total. The summed E-state index contributed by atoms with van der Waals surface area (Å²) in [6.45, 7) is 2.51. The highest BCUT2D eigenvalue weighted by molar-refractivity contribution is 5.58. The molecule has 0 aliphatic carbocycles. The van der Waals surface area contributed by atoms with E-state index in [0.717, 1.165) is 22.9 Å². The van der Waals surface area contributed by atoms with Gasteiger partial charge >= 0.3 is 0 Å². The molecule has 3 heteroatoms. The van der Waals surface area contributed by atoms with Crippen molar-refractivity contribution < 1.29 is 4.42 Å². The second kappa shape index (κ2) is 4.41. The van der Waals surface area contributed by atoms with Gasteiger partial charge in [0, 0.05) is 25.3 Å². The highest BCUT2D eigenvalue weighted by Gasteiger charge is 2.06. The van der Waals surface area contributed by atoms with Gasteiger partial charge in [-0.15, -0.1) is 0 Å². The number of furan rings is 1. The Kier molecular flexibility index (Phi) is 2.97. The van der Waals surface area contributed by atoms with Crippen molar-refractivity contribution in [1.29, 1.82) is 0 Å². The first-order valence-corrected chi connectivity index (χ1v) is 5.30. The van der Waals surface area contributed by atoms with Crippen molar-refractivity contribution in [3.05, 3.63) is 47.7 Å². The number of rotatable bonds is 3. The van der Waals surface area contributed by atoms with Gasteiger partial charge in [0.05, 0.1) is 0 Å². The lowest BCUT2D eigenvalue weighted by atomic mass is 10.2. The summed E-state index contributed by atoms with van der Waals surface area (Å²) in [5.41, 5.74) is 7.78. The van der Waals surface area contributed by atoms with Crippen LogP contribution in [0.5, 0.6) is 0 Å². The summed E-state index contributed by atoms with van der Waals surface area (Å²) >= 11 is 0. The molecule has 3 nitrogen and oxygen atoms in total. The molecule has 1 aromatic heterocycles. The van der Waals surface area contributed by atoms with E-state index < -0.39 is 0 Å². The minimum atomic E-state index is 0.573. The molecule has 1 aromatic carbocycles. The number of nitrogens with two attached hydrogens (primary N) is 1. The Bertz CT molecular complexity index is 459. The van der Waals surface area contributed by atoms with Gasteiger partial charge < -0.3 is 15.1 Å². The average molecular weight is 216 g/mol. The molecule has 0 aliphatic rings. The average Bonchev–Trinajstić information content (AvgIpc) is 2.75. The van der Waals surface area contributed by atoms with E-state index in [9.17, 15) is 0 Å². The van der Waals surface area contributed by atoms with Gasteiger partial charge in [0.15, 0.2) is 5.88 Å². The maximum atomic E-state index is 5.56. The number of aryl methyl sites for hydroxylation is 1. The number of anilines is 2. The van der Waals surface area contributed by atoms with E-state index >= 15 is 0 Å². The van der Waals surface area contributed by atoms with Crippen LogP contribution in [0.3, 0.4) is 0 Å². The van der Waals surface area contributed by atoms with Gasteiger partial charge in [-0.1, -0.05) is 12.1 Å². The van der Waals surface area contributed by atoms with Crippen LogP contribution < -0.4 is 10.6 Å². The molecule has 0 saturated heterocycles. The number of hydrogen-bond donors (Lipinski definition) is 1. The Labute approximate surface area is 95.5 Å². The zero-order chi connectivity index (χ0) is 11.5. The highest BCUT2D eigenvalue weighted by atomic mass is 16.4. The Morgan fingerprint density at radius 2 is 1.81 bits per heavy atom. The van der Waals surface area contributed by atoms with Crippen LogP contribution in [0.2, 0.25) is 0 Å². The summed E-state index contributed by atoms with van der Waals surface area (Å²) in [5, 5.41) is 0. The summed E-state index contributed by atoms with van der Waals surface area (Å²) < 4.78 is 5.56. The molecule has 0 amide bonds. The van der Waals surface area contributed by atoms with Gasteiger partial charge in [-0.2, -0.15) is 0 Å². The number of nitrogens with zero attached hydrogens (tertiary/aromatic N) is 1. The molecule has 2 aromatic rings. The van der Waals surface area contributed by atoms with Crippen LogP contribution in [0, 0.1) is 6.92 Å².